The molecule has 2 fully saturated rings. The molecule has 0 atom stereocenters. The fraction of sp³-hybridized carbons (Fsp3) is 0.650. The SMILES string of the molecule is CCCOc1c(Cl)cc(C(=O)N2CCN(S(=O)(=O)N3CCCC3)CC2)cc1OCC. The van der Waals surface area contributed by atoms with Crippen LogP contribution in [0.3, 0.4) is 0 Å². The van der Waals surface area contributed by atoms with Crippen LogP contribution in [0.25, 0.3) is 0 Å². The zero-order valence-corrected chi connectivity index (χ0v) is 19.2. The molecular formula is C20H30ClN3O5S. The molecule has 1 aromatic rings. The van der Waals surface area contributed by atoms with E-state index in [1.807, 2.05) is 13.8 Å². The van der Waals surface area contributed by atoms with Crippen LogP contribution in [0.1, 0.15) is 43.5 Å². The zero-order chi connectivity index (χ0) is 21.7. The number of rotatable bonds is 8. The summed E-state index contributed by atoms with van der Waals surface area (Å²) in [6.07, 6.45) is 2.63. The first-order valence-electron chi connectivity index (χ1n) is 10.5. The largest absolute Gasteiger partial charge is 0.490 e. The average Bonchev–Trinajstić information content (AvgIpc) is 3.29. The number of carbonyl (C=O) groups is 1. The lowest BCUT2D eigenvalue weighted by Crippen LogP contribution is -2.53. The van der Waals surface area contributed by atoms with Gasteiger partial charge in [-0.2, -0.15) is 17.0 Å². The molecule has 168 valence electrons. The lowest BCUT2D eigenvalue weighted by atomic mass is 10.1. The summed E-state index contributed by atoms with van der Waals surface area (Å²) in [4.78, 5) is 14.7. The molecule has 0 aliphatic carbocycles. The summed E-state index contributed by atoms with van der Waals surface area (Å²) in [5.41, 5.74) is 0.406. The van der Waals surface area contributed by atoms with Crippen LogP contribution in [0, 0.1) is 0 Å². The number of nitrogens with zero attached hydrogens (tertiary/aromatic N) is 3. The van der Waals surface area contributed by atoms with Crippen molar-refractivity contribution < 1.29 is 22.7 Å². The van der Waals surface area contributed by atoms with Gasteiger partial charge in [-0.15, -0.1) is 0 Å². The van der Waals surface area contributed by atoms with E-state index in [1.165, 1.54) is 8.61 Å². The van der Waals surface area contributed by atoms with Crippen molar-refractivity contribution in [1.82, 2.24) is 13.5 Å². The highest BCUT2D eigenvalue weighted by molar-refractivity contribution is 7.86. The first-order chi connectivity index (χ1) is 14.4. The fourth-order valence-corrected chi connectivity index (χ4v) is 5.62. The maximum Gasteiger partial charge on any atom is 0.282 e. The Kier molecular flexibility index (Phi) is 7.84. The summed E-state index contributed by atoms with van der Waals surface area (Å²) < 4.78 is 39.8. The molecule has 3 rings (SSSR count). The van der Waals surface area contributed by atoms with Crippen LogP contribution in [0.5, 0.6) is 11.5 Å². The number of hydrogen-bond donors (Lipinski definition) is 0. The number of amides is 1. The Labute approximate surface area is 183 Å². The minimum Gasteiger partial charge on any atom is -0.490 e. The van der Waals surface area contributed by atoms with Crippen LogP contribution in [0.4, 0.5) is 0 Å². The molecule has 2 saturated heterocycles. The molecule has 0 unspecified atom stereocenters. The van der Waals surface area contributed by atoms with E-state index in [9.17, 15) is 13.2 Å². The van der Waals surface area contributed by atoms with Gasteiger partial charge in [-0.1, -0.05) is 18.5 Å². The van der Waals surface area contributed by atoms with Crippen LogP contribution >= 0.6 is 11.6 Å². The van der Waals surface area contributed by atoms with Gasteiger partial charge in [0, 0.05) is 44.8 Å². The van der Waals surface area contributed by atoms with Crippen molar-refractivity contribution in [3.63, 3.8) is 0 Å². The van der Waals surface area contributed by atoms with E-state index in [1.54, 1.807) is 17.0 Å². The van der Waals surface area contributed by atoms with Gasteiger partial charge < -0.3 is 14.4 Å². The quantitative estimate of drug-likeness (QED) is 0.597. The Morgan fingerprint density at radius 1 is 1.00 bits per heavy atom. The van der Waals surface area contributed by atoms with Gasteiger partial charge in [0.15, 0.2) is 11.5 Å². The standard InChI is InChI=1S/C20H30ClN3O5S/c1-3-13-29-19-17(21)14-16(15-18(19)28-4-2)20(25)22-9-11-24(12-10-22)30(26,27)23-7-5-6-8-23/h14-15H,3-13H2,1-2H3. The van der Waals surface area contributed by atoms with Crippen molar-refractivity contribution in [2.24, 2.45) is 0 Å². The van der Waals surface area contributed by atoms with Crippen molar-refractivity contribution in [2.75, 3.05) is 52.5 Å². The van der Waals surface area contributed by atoms with Crippen molar-refractivity contribution in [1.29, 1.82) is 0 Å². The highest BCUT2D eigenvalue weighted by Gasteiger charge is 2.35. The third kappa shape index (κ3) is 5.01. The fourth-order valence-electron chi connectivity index (χ4n) is 3.69. The molecule has 0 N–H and O–H groups in total. The smallest absolute Gasteiger partial charge is 0.282 e. The summed E-state index contributed by atoms with van der Waals surface area (Å²) in [6.45, 7) is 7.16. The molecule has 2 aliphatic rings. The Balaban J connectivity index is 1.70. The van der Waals surface area contributed by atoms with E-state index in [0.717, 1.165) is 19.3 Å². The van der Waals surface area contributed by atoms with Gasteiger partial charge in [-0.3, -0.25) is 4.79 Å². The third-order valence-corrected chi connectivity index (χ3v) is 7.57. The Morgan fingerprint density at radius 3 is 2.23 bits per heavy atom. The minimum atomic E-state index is -3.44. The number of ether oxygens (including phenoxy) is 2. The van der Waals surface area contributed by atoms with E-state index < -0.39 is 10.2 Å². The van der Waals surface area contributed by atoms with Gasteiger partial charge in [0.1, 0.15) is 0 Å². The van der Waals surface area contributed by atoms with E-state index in [-0.39, 0.29) is 19.0 Å². The van der Waals surface area contributed by atoms with Gasteiger partial charge in [0.2, 0.25) is 0 Å². The summed E-state index contributed by atoms with van der Waals surface area (Å²) in [5.74, 6) is 0.689. The Morgan fingerprint density at radius 2 is 1.63 bits per heavy atom. The molecular weight excluding hydrogens is 430 g/mol. The number of carbonyl (C=O) groups excluding carboxylic acids is 1. The third-order valence-electron chi connectivity index (χ3n) is 5.25. The summed E-state index contributed by atoms with van der Waals surface area (Å²) >= 11 is 6.38. The Bertz CT molecular complexity index is 850. The van der Waals surface area contributed by atoms with Crippen molar-refractivity contribution in [3.8, 4) is 11.5 Å². The molecule has 10 heteroatoms. The molecule has 0 saturated carbocycles. The van der Waals surface area contributed by atoms with Gasteiger partial charge in [-0.05, 0) is 38.3 Å². The topological polar surface area (TPSA) is 79.4 Å². The van der Waals surface area contributed by atoms with Crippen LogP contribution < -0.4 is 9.47 Å². The first-order valence-corrected chi connectivity index (χ1v) is 12.3. The minimum absolute atomic E-state index is 0.196. The summed E-state index contributed by atoms with van der Waals surface area (Å²) in [6, 6.07) is 3.24. The average molecular weight is 460 g/mol. The summed E-state index contributed by atoms with van der Waals surface area (Å²) in [7, 11) is -3.44. The van der Waals surface area contributed by atoms with E-state index >= 15 is 0 Å². The lowest BCUT2D eigenvalue weighted by Gasteiger charge is -2.35. The molecule has 30 heavy (non-hydrogen) atoms. The van der Waals surface area contributed by atoms with Crippen LogP contribution in [-0.2, 0) is 10.2 Å². The predicted molar refractivity (Wildman–Crippen MR) is 116 cm³/mol. The van der Waals surface area contributed by atoms with Crippen LogP contribution in [-0.4, -0.2) is 80.3 Å². The van der Waals surface area contributed by atoms with E-state index in [0.29, 0.717) is 61.5 Å². The molecule has 1 aromatic carbocycles. The van der Waals surface area contributed by atoms with Gasteiger partial charge in [-0.25, -0.2) is 0 Å². The molecule has 0 radical (unpaired) electrons. The number of benzene rings is 1. The van der Waals surface area contributed by atoms with Crippen LogP contribution in [0.2, 0.25) is 5.02 Å². The summed E-state index contributed by atoms with van der Waals surface area (Å²) in [5, 5.41) is 0.327. The predicted octanol–water partition coefficient (Wildman–Crippen LogP) is 2.63. The monoisotopic (exact) mass is 459 g/mol. The zero-order valence-electron chi connectivity index (χ0n) is 17.6. The lowest BCUT2D eigenvalue weighted by molar-refractivity contribution is 0.0694. The van der Waals surface area contributed by atoms with Crippen LogP contribution in [0.15, 0.2) is 12.1 Å². The van der Waals surface area contributed by atoms with Crippen molar-refractivity contribution in [3.05, 3.63) is 22.7 Å². The number of hydrogen-bond acceptors (Lipinski definition) is 5. The normalized spacial score (nSPS) is 18.6. The second-order valence-corrected chi connectivity index (χ2v) is 9.71. The molecule has 0 aromatic heterocycles. The second kappa shape index (κ2) is 10.2. The molecule has 2 aliphatic heterocycles. The number of halogens is 1. The highest BCUT2D eigenvalue weighted by Crippen LogP contribution is 2.37. The van der Waals surface area contributed by atoms with Crippen molar-refractivity contribution >= 4 is 27.7 Å². The second-order valence-electron chi connectivity index (χ2n) is 7.37. The van der Waals surface area contributed by atoms with E-state index in [4.69, 9.17) is 21.1 Å². The molecule has 8 nitrogen and oxygen atoms in total. The molecule has 0 spiro atoms. The van der Waals surface area contributed by atoms with E-state index in [2.05, 4.69) is 0 Å². The Hall–Kier alpha value is -1.55. The van der Waals surface area contributed by atoms with Gasteiger partial charge in [0.25, 0.3) is 16.1 Å². The molecule has 1 amide bonds. The highest BCUT2D eigenvalue weighted by atomic mass is 35.5. The maximum absolute atomic E-state index is 13.0. The molecule has 0 bridgehead atoms. The molecule has 2 heterocycles. The van der Waals surface area contributed by atoms with Gasteiger partial charge >= 0.3 is 0 Å². The van der Waals surface area contributed by atoms with Crippen molar-refractivity contribution in [2.45, 2.75) is 33.1 Å². The van der Waals surface area contributed by atoms with Gasteiger partial charge in [0.05, 0.1) is 18.2 Å². The maximum atomic E-state index is 13.0. The number of piperazine rings is 1. The first kappa shape index (κ1) is 23.1.